The Labute approximate surface area is 93.5 Å². The molecule has 1 rings (SSSR count). The molecule has 0 saturated heterocycles. The molecule has 0 aromatic heterocycles. The lowest BCUT2D eigenvalue weighted by molar-refractivity contribution is -0.107. The number of hydrogen-bond donors (Lipinski definition) is 0. The minimum absolute atomic E-state index is 0.319. The lowest BCUT2D eigenvalue weighted by Crippen LogP contribution is -1.96. The molecule has 1 atom stereocenters. The number of methoxy groups -OCH3 is 1. The fraction of sp³-hybridized carbons (Fsp3) is 0.222. The maximum atomic E-state index is 10.6. The predicted molar refractivity (Wildman–Crippen MR) is 58.4 cm³/mol. The van der Waals surface area contributed by atoms with E-state index in [1.807, 2.05) is 18.2 Å². The van der Waals surface area contributed by atoms with E-state index < -0.39 is 0 Å². The highest BCUT2D eigenvalue weighted by molar-refractivity contribution is 9.10. The van der Waals surface area contributed by atoms with Crippen LogP contribution in [0.4, 0.5) is 0 Å². The Morgan fingerprint density at radius 3 is 2.77 bits per heavy atom. The summed E-state index contributed by atoms with van der Waals surface area (Å²) in [4.78, 5) is 10.2. The van der Waals surface area contributed by atoms with E-state index in [2.05, 4.69) is 31.9 Å². The molecule has 1 unspecified atom stereocenters. The van der Waals surface area contributed by atoms with Gasteiger partial charge in [-0.3, -0.25) is 0 Å². The second kappa shape index (κ2) is 4.77. The number of benzene rings is 1. The number of para-hydroxylation sites is 1. The third-order valence-corrected chi connectivity index (χ3v) is 2.95. The molecule has 0 amide bonds. The van der Waals surface area contributed by atoms with Crippen LogP contribution in [0.3, 0.4) is 0 Å². The maximum absolute atomic E-state index is 10.6. The number of carbonyl (C=O) groups is 1. The largest absolute Gasteiger partial charge is 0.495 e. The molecule has 4 heteroatoms. The van der Waals surface area contributed by atoms with Gasteiger partial charge in [-0.05, 0) is 22.0 Å². The number of hydrogen-bond acceptors (Lipinski definition) is 2. The third-order valence-electron chi connectivity index (χ3n) is 1.62. The highest BCUT2D eigenvalue weighted by Crippen LogP contribution is 2.35. The second-order valence-corrected chi connectivity index (χ2v) is 4.24. The van der Waals surface area contributed by atoms with Gasteiger partial charge in [0.25, 0.3) is 0 Å². The first-order valence-electron chi connectivity index (χ1n) is 3.62. The molecule has 70 valence electrons. The van der Waals surface area contributed by atoms with Gasteiger partial charge in [0.1, 0.15) is 12.0 Å². The normalized spacial score (nSPS) is 12.2. The average molecular weight is 308 g/mol. The Morgan fingerprint density at radius 2 is 2.23 bits per heavy atom. The molecule has 0 fully saturated rings. The summed E-state index contributed by atoms with van der Waals surface area (Å²) in [6.07, 6.45) is 0.824. The molecule has 0 bridgehead atoms. The monoisotopic (exact) mass is 306 g/mol. The summed E-state index contributed by atoms with van der Waals surface area (Å²) in [5, 5.41) is 0. The summed E-state index contributed by atoms with van der Waals surface area (Å²) in [5.41, 5.74) is 0.826. The van der Waals surface area contributed by atoms with Crippen molar-refractivity contribution in [2.75, 3.05) is 7.11 Å². The zero-order valence-electron chi connectivity index (χ0n) is 6.96. The van der Waals surface area contributed by atoms with E-state index in [1.165, 1.54) is 0 Å². The van der Waals surface area contributed by atoms with Crippen molar-refractivity contribution in [1.82, 2.24) is 0 Å². The summed E-state index contributed by atoms with van der Waals surface area (Å²) in [6.45, 7) is 0. The highest BCUT2D eigenvalue weighted by Gasteiger charge is 2.13. The third kappa shape index (κ3) is 2.31. The SMILES string of the molecule is COc1c(Br)cccc1C(Br)C=O. The molecule has 0 aliphatic carbocycles. The van der Waals surface area contributed by atoms with Crippen LogP contribution < -0.4 is 4.74 Å². The van der Waals surface area contributed by atoms with Crippen LogP contribution in [0.2, 0.25) is 0 Å². The molecule has 0 aliphatic rings. The Bertz CT molecular complexity index is 312. The molecule has 2 nitrogen and oxygen atoms in total. The van der Waals surface area contributed by atoms with Gasteiger partial charge in [0.2, 0.25) is 0 Å². The van der Waals surface area contributed by atoms with Gasteiger partial charge in [0.05, 0.1) is 16.4 Å². The van der Waals surface area contributed by atoms with E-state index >= 15 is 0 Å². The molecule has 1 aromatic carbocycles. The Hall–Kier alpha value is -0.350. The van der Waals surface area contributed by atoms with Crippen LogP contribution in [0.15, 0.2) is 22.7 Å². The Kier molecular flexibility index (Phi) is 3.93. The Balaban J connectivity index is 3.19. The van der Waals surface area contributed by atoms with E-state index in [0.29, 0.717) is 5.75 Å². The minimum Gasteiger partial charge on any atom is -0.495 e. The van der Waals surface area contributed by atoms with Crippen molar-refractivity contribution in [3.63, 3.8) is 0 Å². The van der Waals surface area contributed by atoms with E-state index in [9.17, 15) is 4.79 Å². The molecule has 13 heavy (non-hydrogen) atoms. The minimum atomic E-state index is -0.319. The zero-order chi connectivity index (χ0) is 9.84. The summed E-state index contributed by atoms with van der Waals surface area (Å²) in [5.74, 6) is 0.691. The summed E-state index contributed by atoms with van der Waals surface area (Å²) >= 11 is 6.58. The van der Waals surface area contributed by atoms with Gasteiger partial charge < -0.3 is 9.53 Å². The van der Waals surface area contributed by atoms with Gasteiger partial charge in [0, 0.05) is 5.56 Å². The highest BCUT2D eigenvalue weighted by atomic mass is 79.9. The van der Waals surface area contributed by atoms with Gasteiger partial charge in [-0.1, -0.05) is 28.1 Å². The van der Waals surface area contributed by atoms with Crippen molar-refractivity contribution < 1.29 is 9.53 Å². The van der Waals surface area contributed by atoms with Crippen LogP contribution in [0.1, 0.15) is 10.4 Å². The first kappa shape index (κ1) is 10.7. The fourth-order valence-electron chi connectivity index (χ4n) is 1.03. The molecule has 0 aliphatic heterocycles. The maximum Gasteiger partial charge on any atom is 0.138 e. The number of rotatable bonds is 3. The van der Waals surface area contributed by atoms with Crippen LogP contribution in [0.5, 0.6) is 5.75 Å². The smallest absolute Gasteiger partial charge is 0.138 e. The average Bonchev–Trinajstić information content (AvgIpc) is 2.16. The van der Waals surface area contributed by atoms with Crippen molar-refractivity contribution in [3.05, 3.63) is 28.2 Å². The van der Waals surface area contributed by atoms with Gasteiger partial charge in [-0.25, -0.2) is 0 Å². The topological polar surface area (TPSA) is 26.3 Å². The first-order chi connectivity index (χ1) is 6.20. The lowest BCUT2D eigenvalue weighted by atomic mass is 10.1. The van der Waals surface area contributed by atoms with Gasteiger partial charge in [-0.2, -0.15) is 0 Å². The van der Waals surface area contributed by atoms with Crippen molar-refractivity contribution in [2.24, 2.45) is 0 Å². The van der Waals surface area contributed by atoms with E-state index in [4.69, 9.17) is 4.74 Å². The molecule has 0 spiro atoms. The zero-order valence-corrected chi connectivity index (χ0v) is 10.1. The molecule has 1 aromatic rings. The number of aldehydes is 1. The molecule has 0 heterocycles. The van der Waals surface area contributed by atoms with Crippen molar-refractivity contribution >= 4 is 38.1 Å². The van der Waals surface area contributed by atoms with Gasteiger partial charge in [-0.15, -0.1) is 0 Å². The summed E-state index contributed by atoms with van der Waals surface area (Å²) < 4.78 is 6.01. The molecule has 0 saturated carbocycles. The number of alkyl halides is 1. The number of halogens is 2. The summed E-state index contributed by atoms with van der Waals surface area (Å²) in [6, 6.07) is 5.57. The van der Waals surface area contributed by atoms with E-state index in [0.717, 1.165) is 16.3 Å². The van der Waals surface area contributed by atoms with Crippen molar-refractivity contribution in [2.45, 2.75) is 4.83 Å². The first-order valence-corrected chi connectivity index (χ1v) is 5.33. The molecule has 0 radical (unpaired) electrons. The predicted octanol–water partition coefficient (Wildman–Crippen LogP) is 3.09. The van der Waals surface area contributed by atoms with Crippen molar-refractivity contribution in [3.8, 4) is 5.75 Å². The van der Waals surface area contributed by atoms with Crippen LogP contribution >= 0.6 is 31.9 Å². The van der Waals surface area contributed by atoms with Crippen molar-refractivity contribution in [1.29, 1.82) is 0 Å². The number of carbonyl (C=O) groups excluding carboxylic acids is 1. The molecular weight excluding hydrogens is 300 g/mol. The Morgan fingerprint density at radius 1 is 1.54 bits per heavy atom. The van der Waals surface area contributed by atoms with Gasteiger partial charge in [0.15, 0.2) is 0 Å². The van der Waals surface area contributed by atoms with Crippen LogP contribution in [-0.4, -0.2) is 13.4 Å². The van der Waals surface area contributed by atoms with E-state index in [-0.39, 0.29) is 4.83 Å². The van der Waals surface area contributed by atoms with Crippen LogP contribution in [-0.2, 0) is 4.79 Å². The molecular formula is C9H8Br2O2. The molecule has 0 N–H and O–H groups in total. The van der Waals surface area contributed by atoms with Gasteiger partial charge >= 0.3 is 0 Å². The van der Waals surface area contributed by atoms with E-state index in [1.54, 1.807) is 7.11 Å². The standard InChI is InChI=1S/C9H8Br2O2/c1-13-9-6(8(11)5-12)3-2-4-7(9)10/h2-5,8H,1H3. The quantitative estimate of drug-likeness (QED) is 0.633. The number of ether oxygens (including phenoxy) is 1. The van der Waals surface area contributed by atoms with Crippen LogP contribution in [0, 0.1) is 0 Å². The fourth-order valence-corrected chi connectivity index (χ4v) is 1.94. The lowest BCUT2D eigenvalue weighted by Gasteiger charge is -2.10. The second-order valence-electron chi connectivity index (χ2n) is 2.40. The van der Waals surface area contributed by atoms with Crippen LogP contribution in [0.25, 0.3) is 0 Å². The summed E-state index contributed by atoms with van der Waals surface area (Å²) in [7, 11) is 1.58.